The molecule has 16 heavy (non-hydrogen) atoms. The van der Waals surface area contributed by atoms with Crippen molar-refractivity contribution in [3.8, 4) is 0 Å². The summed E-state index contributed by atoms with van der Waals surface area (Å²) in [6, 6.07) is 5.69. The summed E-state index contributed by atoms with van der Waals surface area (Å²) >= 11 is 0. The number of hydrogen-bond donors (Lipinski definition) is 3. The molecule has 0 aromatic heterocycles. The number of rotatable bonds is 2. The zero-order chi connectivity index (χ0) is 11.7. The van der Waals surface area contributed by atoms with Crippen molar-refractivity contribution in [2.24, 2.45) is 5.92 Å². The Morgan fingerprint density at radius 2 is 2.19 bits per heavy atom. The minimum atomic E-state index is -0.150. The van der Waals surface area contributed by atoms with Crippen molar-refractivity contribution in [2.45, 2.75) is 26.3 Å². The van der Waals surface area contributed by atoms with Gasteiger partial charge in [-0.1, -0.05) is 13.0 Å². The number of nitrogens with two attached hydrogens (primary N) is 1. The summed E-state index contributed by atoms with van der Waals surface area (Å²) in [4.78, 5) is 11.6. The molecule has 1 aliphatic rings. The minimum Gasteiger partial charge on any atom is -0.398 e. The first-order valence-corrected chi connectivity index (χ1v) is 5.50. The van der Waals surface area contributed by atoms with Gasteiger partial charge in [0.15, 0.2) is 0 Å². The lowest BCUT2D eigenvalue weighted by Gasteiger charge is -2.10. The van der Waals surface area contributed by atoms with Crippen molar-refractivity contribution >= 4 is 17.4 Å². The Morgan fingerprint density at radius 1 is 1.50 bits per heavy atom. The summed E-state index contributed by atoms with van der Waals surface area (Å²) in [5.41, 5.74) is 8.13. The first-order valence-electron chi connectivity index (χ1n) is 5.50. The average Bonchev–Trinajstić information content (AvgIpc) is 2.89. The van der Waals surface area contributed by atoms with Crippen LogP contribution in [-0.4, -0.2) is 12.1 Å². The summed E-state index contributed by atoms with van der Waals surface area (Å²) < 4.78 is 0. The summed E-state index contributed by atoms with van der Waals surface area (Å²) in [6.45, 7) is 4.02. The van der Waals surface area contributed by atoms with Crippen LogP contribution in [0.3, 0.4) is 0 Å². The molecule has 4 N–H and O–H groups in total. The second-order valence-electron chi connectivity index (χ2n) is 4.44. The van der Waals surface area contributed by atoms with E-state index in [1.54, 1.807) is 0 Å². The van der Waals surface area contributed by atoms with E-state index in [2.05, 4.69) is 17.6 Å². The van der Waals surface area contributed by atoms with Gasteiger partial charge in [0.2, 0.25) is 0 Å². The Labute approximate surface area is 95.2 Å². The van der Waals surface area contributed by atoms with Gasteiger partial charge in [0, 0.05) is 17.4 Å². The fourth-order valence-electron chi connectivity index (χ4n) is 1.64. The first kappa shape index (κ1) is 10.8. The van der Waals surface area contributed by atoms with E-state index >= 15 is 0 Å². The summed E-state index contributed by atoms with van der Waals surface area (Å²) in [7, 11) is 0. The van der Waals surface area contributed by atoms with E-state index in [9.17, 15) is 4.79 Å². The van der Waals surface area contributed by atoms with Crippen molar-refractivity contribution in [1.82, 2.24) is 5.32 Å². The largest absolute Gasteiger partial charge is 0.398 e. The van der Waals surface area contributed by atoms with Crippen molar-refractivity contribution in [2.75, 3.05) is 11.1 Å². The molecule has 0 bridgehead atoms. The van der Waals surface area contributed by atoms with Crippen molar-refractivity contribution in [3.05, 3.63) is 23.8 Å². The van der Waals surface area contributed by atoms with Crippen LogP contribution in [0.15, 0.2) is 18.2 Å². The highest BCUT2D eigenvalue weighted by atomic mass is 16.2. The van der Waals surface area contributed by atoms with E-state index in [1.165, 1.54) is 0 Å². The molecular formula is C12H17N3O. The maximum Gasteiger partial charge on any atom is 0.319 e. The van der Waals surface area contributed by atoms with Gasteiger partial charge in [-0.2, -0.15) is 0 Å². The van der Waals surface area contributed by atoms with Gasteiger partial charge >= 0.3 is 6.03 Å². The van der Waals surface area contributed by atoms with E-state index in [1.807, 2.05) is 25.1 Å². The summed E-state index contributed by atoms with van der Waals surface area (Å²) in [6.07, 6.45) is 1.07. The van der Waals surface area contributed by atoms with E-state index in [0.29, 0.717) is 17.6 Å². The highest BCUT2D eigenvalue weighted by Crippen LogP contribution is 2.29. The standard InChI is InChI=1S/C12H17N3O/c1-7-6-11(7)15-12(16)14-10-5-3-4-9(13)8(10)2/h3-5,7,11H,6,13H2,1-2H3,(H2,14,15,16). The molecule has 1 saturated carbocycles. The third-order valence-electron chi connectivity index (χ3n) is 3.05. The molecule has 86 valence electrons. The molecule has 4 nitrogen and oxygen atoms in total. The quantitative estimate of drug-likeness (QED) is 0.667. The highest BCUT2D eigenvalue weighted by Gasteiger charge is 2.33. The predicted octanol–water partition coefficient (Wildman–Crippen LogP) is 2.11. The number of carbonyl (C=O) groups is 1. The van der Waals surface area contributed by atoms with E-state index in [-0.39, 0.29) is 6.03 Å². The number of benzene rings is 1. The molecular weight excluding hydrogens is 202 g/mol. The fourth-order valence-corrected chi connectivity index (χ4v) is 1.64. The molecule has 1 aliphatic carbocycles. The number of nitrogens with one attached hydrogen (secondary N) is 2. The maximum atomic E-state index is 11.6. The highest BCUT2D eigenvalue weighted by molar-refractivity contribution is 5.91. The van der Waals surface area contributed by atoms with E-state index < -0.39 is 0 Å². The second kappa shape index (κ2) is 4.04. The lowest BCUT2D eigenvalue weighted by molar-refractivity contribution is 0.251. The van der Waals surface area contributed by atoms with Crippen LogP contribution in [0.5, 0.6) is 0 Å². The number of anilines is 2. The van der Waals surface area contributed by atoms with Crippen molar-refractivity contribution in [3.63, 3.8) is 0 Å². The Hall–Kier alpha value is -1.71. The van der Waals surface area contributed by atoms with Crippen LogP contribution in [0.4, 0.5) is 16.2 Å². The Balaban J connectivity index is 1.98. The molecule has 0 heterocycles. The number of hydrogen-bond acceptors (Lipinski definition) is 2. The predicted molar refractivity (Wildman–Crippen MR) is 65.3 cm³/mol. The van der Waals surface area contributed by atoms with Crippen LogP contribution in [0.2, 0.25) is 0 Å². The van der Waals surface area contributed by atoms with Gasteiger partial charge in [0.05, 0.1) is 0 Å². The number of nitrogen functional groups attached to an aromatic ring is 1. The van der Waals surface area contributed by atoms with Gasteiger partial charge in [-0.05, 0) is 37.0 Å². The first-order chi connectivity index (χ1) is 7.58. The third kappa shape index (κ3) is 2.27. The molecule has 2 rings (SSSR count). The molecule has 0 aliphatic heterocycles. The van der Waals surface area contributed by atoms with Crippen LogP contribution in [0, 0.1) is 12.8 Å². The minimum absolute atomic E-state index is 0.150. The van der Waals surface area contributed by atoms with Gasteiger partial charge < -0.3 is 16.4 Å². The maximum absolute atomic E-state index is 11.6. The van der Waals surface area contributed by atoms with E-state index in [0.717, 1.165) is 17.7 Å². The fraction of sp³-hybridized carbons (Fsp3) is 0.417. The molecule has 2 unspecified atom stereocenters. The van der Waals surface area contributed by atoms with Crippen LogP contribution in [0.1, 0.15) is 18.9 Å². The van der Waals surface area contributed by atoms with Gasteiger partial charge in [-0.3, -0.25) is 0 Å². The lowest BCUT2D eigenvalue weighted by atomic mass is 10.1. The van der Waals surface area contributed by atoms with Gasteiger partial charge in [0.25, 0.3) is 0 Å². The Kier molecular flexibility index (Phi) is 2.73. The van der Waals surface area contributed by atoms with Crippen molar-refractivity contribution in [1.29, 1.82) is 0 Å². The van der Waals surface area contributed by atoms with Crippen LogP contribution in [-0.2, 0) is 0 Å². The molecule has 0 spiro atoms. The number of carbonyl (C=O) groups excluding carboxylic acids is 1. The van der Waals surface area contributed by atoms with Crippen LogP contribution in [0.25, 0.3) is 0 Å². The lowest BCUT2D eigenvalue weighted by Crippen LogP contribution is -2.31. The Bertz CT molecular complexity index is 417. The average molecular weight is 219 g/mol. The molecule has 1 fully saturated rings. The second-order valence-corrected chi connectivity index (χ2v) is 4.44. The van der Waals surface area contributed by atoms with Crippen LogP contribution >= 0.6 is 0 Å². The molecule has 0 saturated heterocycles. The van der Waals surface area contributed by atoms with Gasteiger partial charge in [-0.25, -0.2) is 4.79 Å². The van der Waals surface area contributed by atoms with E-state index in [4.69, 9.17) is 5.73 Å². The molecule has 2 atom stereocenters. The monoisotopic (exact) mass is 219 g/mol. The molecule has 1 aromatic carbocycles. The molecule has 0 radical (unpaired) electrons. The third-order valence-corrected chi connectivity index (χ3v) is 3.05. The normalized spacial score (nSPS) is 22.6. The van der Waals surface area contributed by atoms with Gasteiger partial charge in [0.1, 0.15) is 0 Å². The SMILES string of the molecule is Cc1c(N)cccc1NC(=O)NC1CC1C. The smallest absolute Gasteiger partial charge is 0.319 e. The number of urea groups is 1. The van der Waals surface area contributed by atoms with Crippen molar-refractivity contribution < 1.29 is 4.79 Å². The zero-order valence-corrected chi connectivity index (χ0v) is 9.58. The number of amides is 2. The molecule has 2 amide bonds. The van der Waals surface area contributed by atoms with Gasteiger partial charge in [-0.15, -0.1) is 0 Å². The molecule has 4 heteroatoms. The van der Waals surface area contributed by atoms with Crippen LogP contribution < -0.4 is 16.4 Å². The zero-order valence-electron chi connectivity index (χ0n) is 9.58. The Morgan fingerprint density at radius 3 is 2.81 bits per heavy atom. The summed E-state index contributed by atoms with van der Waals surface area (Å²) in [5.74, 6) is 0.604. The topological polar surface area (TPSA) is 67.1 Å². The molecule has 1 aromatic rings. The summed E-state index contributed by atoms with van der Waals surface area (Å²) in [5, 5.41) is 5.72.